The van der Waals surface area contributed by atoms with E-state index in [2.05, 4.69) is 46.4 Å². The van der Waals surface area contributed by atoms with Crippen LogP contribution in [0, 0.1) is 0 Å². The highest BCUT2D eigenvalue weighted by atomic mass is 32.2. The minimum atomic E-state index is 0.331. The van der Waals surface area contributed by atoms with Crippen molar-refractivity contribution >= 4 is 38.4 Å². The van der Waals surface area contributed by atoms with Crippen LogP contribution in [0.5, 0.6) is 11.5 Å². The second-order valence-electron chi connectivity index (χ2n) is 6.78. The molecule has 1 fully saturated rings. The van der Waals surface area contributed by atoms with Gasteiger partial charge in [-0.25, -0.2) is 4.98 Å². The van der Waals surface area contributed by atoms with Gasteiger partial charge in [-0.1, -0.05) is 17.4 Å². The van der Waals surface area contributed by atoms with Crippen molar-refractivity contribution in [3.05, 3.63) is 42.0 Å². The molecule has 2 aliphatic heterocycles. The van der Waals surface area contributed by atoms with Crippen LogP contribution in [0.3, 0.4) is 0 Å². The molecule has 0 atom stereocenters. The Morgan fingerprint density at radius 2 is 1.89 bits per heavy atom. The van der Waals surface area contributed by atoms with E-state index >= 15 is 0 Å². The largest absolute Gasteiger partial charge is 0.454 e. The fraction of sp³-hybridized carbons (Fsp3) is 0.350. The fourth-order valence-corrected chi connectivity index (χ4v) is 5.12. The second-order valence-corrected chi connectivity index (χ2v) is 8.67. The van der Waals surface area contributed by atoms with Gasteiger partial charge >= 0.3 is 0 Å². The third-order valence-electron chi connectivity index (χ3n) is 5.07. The van der Waals surface area contributed by atoms with Crippen LogP contribution in [0.25, 0.3) is 10.2 Å². The topological polar surface area (TPSA) is 37.8 Å². The Kier molecular flexibility index (Phi) is 4.59. The van der Waals surface area contributed by atoms with E-state index in [9.17, 15) is 0 Å². The van der Waals surface area contributed by atoms with Crippen molar-refractivity contribution in [3.63, 3.8) is 0 Å². The van der Waals surface area contributed by atoms with Gasteiger partial charge in [-0.15, -0.1) is 11.8 Å². The highest BCUT2D eigenvalue weighted by Crippen LogP contribution is 2.34. The number of piperazine rings is 1. The van der Waals surface area contributed by atoms with E-state index in [0.717, 1.165) is 54.9 Å². The van der Waals surface area contributed by atoms with Crippen LogP contribution < -0.4 is 14.4 Å². The third kappa shape index (κ3) is 3.47. The number of thiazole rings is 1. The zero-order valence-electron chi connectivity index (χ0n) is 15.2. The highest BCUT2D eigenvalue weighted by Gasteiger charge is 2.21. The Bertz CT molecular complexity index is 967. The van der Waals surface area contributed by atoms with Crippen LogP contribution in [0.1, 0.15) is 5.56 Å². The quantitative estimate of drug-likeness (QED) is 0.616. The number of hydrogen-bond donors (Lipinski definition) is 0. The van der Waals surface area contributed by atoms with Crippen LogP contribution in [0.2, 0.25) is 0 Å². The van der Waals surface area contributed by atoms with E-state index < -0.39 is 0 Å². The number of nitrogens with zero attached hydrogens (tertiary/aromatic N) is 3. The summed E-state index contributed by atoms with van der Waals surface area (Å²) in [4.78, 5) is 11.1. The molecule has 1 aromatic heterocycles. The van der Waals surface area contributed by atoms with Gasteiger partial charge in [0.25, 0.3) is 0 Å². The Labute approximate surface area is 166 Å². The summed E-state index contributed by atoms with van der Waals surface area (Å²) in [5, 5.41) is 1.14. The summed E-state index contributed by atoms with van der Waals surface area (Å²) in [5.74, 6) is 1.72. The zero-order chi connectivity index (χ0) is 18.2. The van der Waals surface area contributed by atoms with E-state index in [0.29, 0.717) is 6.79 Å². The first-order valence-corrected chi connectivity index (χ1v) is 11.1. The standard InChI is InChI=1S/C20H21N3O2S2/c1-26-15-3-4-16-19(11-15)27-20(21-16)23-8-6-22(7-9-23)12-14-2-5-17-18(10-14)25-13-24-17/h2-5,10-11H,6-9,12-13H2,1H3. The van der Waals surface area contributed by atoms with Crippen LogP contribution in [-0.2, 0) is 6.54 Å². The van der Waals surface area contributed by atoms with E-state index in [1.807, 2.05) is 6.07 Å². The molecule has 2 aliphatic rings. The van der Waals surface area contributed by atoms with Crippen molar-refractivity contribution in [3.8, 4) is 11.5 Å². The maximum absolute atomic E-state index is 5.49. The zero-order valence-corrected chi connectivity index (χ0v) is 16.8. The number of ether oxygens (including phenoxy) is 2. The Balaban J connectivity index is 1.23. The molecule has 2 aromatic carbocycles. The molecule has 0 spiro atoms. The maximum Gasteiger partial charge on any atom is 0.231 e. The summed E-state index contributed by atoms with van der Waals surface area (Å²) in [6.07, 6.45) is 2.11. The number of benzene rings is 2. The molecule has 3 aromatic rings. The minimum absolute atomic E-state index is 0.331. The first-order valence-electron chi connectivity index (χ1n) is 9.09. The number of anilines is 1. The molecule has 0 amide bonds. The lowest BCUT2D eigenvalue weighted by Gasteiger charge is -2.34. The first kappa shape index (κ1) is 17.2. The molecule has 1 saturated heterocycles. The molecule has 0 saturated carbocycles. The second kappa shape index (κ2) is 7.22. The highest BCUT2D eigenvalue weighted by molar-refractivity contribution is 7.98. The maximum atomic E-state index is 5.49. The third-order valence-corrected chi connectivity index (χ3v) is 6.87. The van der Waals surface area contributed by atoms with Crippen molar-refractivity contribution in [2.75, 3.05) is 44.1 Å². The number of thioether (sulfide) groups is 1. The van der Waals surface area contributed by atoms with Crippen LogP contribution >= 0.6 is 23.1 Å². The molecule has 5 nitrogen and oxygen atoms in total. The molecular weight excluding hydrogens is 378 g/mol. The van der Waals surface area contributed by atoms with Crippen molar-refractivity contribution < 1.29 is 9.47 Å². The first-order chi connectivity index (χ1) is 13.3. The minimum Gasteiger partial charge on any atom is -0.454 e. The average Bonchev–Trinajstić information content (AvgIpc) is 3.34. The van der Waals surface area contributed by atoms with Crippen molar-refractivity contribution in [1.29, 1.82) is 0 Å². The summed E-state index contributed by atoms with van der Waals surface area (Å²) >= 11 is 3.58. The van der Waals surface area contributed by atoms with E-state index in [-0.39, 0.29) is 0 Å². The van der Waals surface area contributed by atoms with Gasteiger partial charge in [-0.2, -0.15) is 0 Å². The van der Waals surface area contributed by atoms with Crippen molar-refractivity contribution in [2.45, 2.75) is 11.4 Å². The Morgan fingerprint density at radius 1 is 1.04 bits per heavy atom. The van der Waals surface area contributed by atoms with Crippen LogP contribution in [-0.4, -0.2) is 49.1 Å². The SMILES string of the molecule is CSc1ccc2nc(N3CCN(Cc4ccc5c(c4)OCO5)CC3)sc2c1. The predicted molar refractivity (Wildman–Crippen MR) is 111 cm³/mol. The average molecular weight is 400 g/mol. The van der Waals surface area contributed by atoms with Gasteiger partial charge in [0.2, 0.25) is 6.79 Å². The van der Waals surface area contributed by atoms with Crippen LogP contribution in [0.4, 0.5) is 5.13 Å². The Hall–Kier alpha value is -1.96. The lowest BCUT2D eigenvalue weighted by atomic mass is 10.1. The van der Waals surface area contributed by atoms with Gasteiger partial charge in [0.1, 0.15) is 0 Å². The van der Waals surface area contributed by atoms with Gasteiger partial charge in [-0.3, -0.25) is 4.90 Å². The molecule has 5 rings (SSSR count). The smallest absolute Gasteiger partial charge is 0.231 e. The van der Waals surface area contributed by atoms with E-state index in [1.54, 1.807) is 23.1 Å². The molecule has 0 bridgehead atoms. The summed E-state index contributed by atoms with van der Waals surface area (Å²) in [7, 11) is 0. The van der Waals surface area contributed by atoms with Gasteiger partial charge in [-0.05, 0) is 42.2 Å². The van der Waals surface area contributed by atoms with Crippen LogP contribution in [0.15, 0.2) is 41.3 Å². The molecule has 0 N–H and O–H groups in total. The van der Waals surface area contributed by atoms with Gasteiger partial charge in [0, 0.05) is 37.6 Å². The number of hydrogen-bond acceptors (Lipinski definition) is 7. The fourth-order valence-electron chi connectivity index (χ4n) is 3.55. The number of aromatic nitrogens is 1. The molecule has 0 radical (unpaired) electrons. The molecule has 140 valence electrons. The number of rotatable bonds is 4. The predicted octanol–water partition coefficient (Wildman–Crippen LogP) is 4.07. The van der Waals surface area contributed by atoms with Crippen molar-refractivity contribution in [2.24, 2.45) is 0 Å². The lowest BCUT2D eigenvalue weighted by Crippen LogP contribution is -2.45. The van der Waals surface area contributed by atoms with Crippen molar-refractivity contribution in [1.82, 2.24) is 9.88 Å². The monoisotopic (exact) mass is 399 g/mol. The molecule has 0 aliphatic carbocycles. The van der Waals surface area contributed by atoms with Gasteiger partial charge in [0.05, 0.1) is 10.2 Å². The van der Waals surface area contributed by atoms with E-state index in [1.165, 1.54) is 15.2 Å². The summed E-state index contributed by atoms with van der Waals surface area (Å²) in [6, 6.07) is 12.8. The molecule has 0 unspecified atom stereocenters. The molecular formula is C20H21N3O2S2. The summed E-state index contributed by atoms with van der Waals surface area (Å²) < 4.78 is 12.2. The number of fused-ring (bicyclic) bond motifs is 2. The molecule has 7 heteroatoms. The Morgan fingerprint density at radius 3 is 2.74 bits per heavy atom. The summed E-state index contributed by atoms with van der Waals surface area (Å²) in [5.41, 5.74) is 2.38. The molecule has 3 heterocycles. The lowest BCUT2D eigenvalue weighted by molar-refractivity contribution is 0.174. The summed E-state index contributed by atoms with van der Waals surface area (Å²) in [6.45, 7) is 5.39. The van der Waals surface area contributed by atoms with Gasteiger partial charge in [0.15, 0.2) is 16.6 Å². The molecule has 27 heavy (non-hydrogen) atoms. The van der Waals surface area contributed by atoms with E-state index in [4.69, 9.17) is 14.5 Å². The van der Waals surface area contributed by atoms with Gasteiger partial charge < -0.3 is 14.4 Å². The normalized spacial score (nSPS) is 17.0.